The van der Waals surface area contributed by atoms with Crippen LogP contribution in [0.5, 0.6) is 0 Å². The SMILES string of the molecule is CCC(CC)(NS(=O)(=O)N1CCC(C)CC1)C(=N)N. The smallest absolute Gasteiger partial charge is 0.280 e. The van der Waals surface area contributed by atoms with E-state index in [4.69, 9.17) is 11.1 Å². The fraction of sp³-hybridized carbons (Fsp3) is 0.917. The molecule has 1 fully saturated rings. The van der Waals surface area contributed by atoms with Gasteiger partial charge in [-0.2, -0.15) is 17.4 Å². The van der Waals surface area contributed by atoms with Crippen LogP contribution in [-0.2, 0) is 10.2 Å². The van der Waals surface area contributed by atoms with Gasteiger partial charge < -0.3 is 5.73 Å². The zero-order valence-electron chi connectivity index (χ0n) is 12.1. The van der Waals surface area contributed by atoms with Gasteiger partial charge in [-0.1, -0.05) is 20.8 Å². The van der Waals surface area contributed by atoms with Gasteiger partial charge in [0.15, 0.2) is 0 Å². The molecule has 0 bridgehead atoms. The van der Waals surface area contributed by atoms with Gasteiger partial charge in [0, 0.05) is 13.1 Å². The summed E-state index contributed by atoms with van der Waals surface area (Å²) in [5.41, 5.74) is 4.63. The Balaban J connectivity index is 2.86. The van der Waals surface area contributed by atoms with E-state index in [1.54, 1.807) is 0 Å². The minimum absolute atomic E-state index is 0.119. The van der Waals surface area contributed by atoms with Crippen molar-refractivity contribution < 1.29 is 8.42 Å². The molecule has 1 aliphatic heterocycles. The number of nitrogens with two attached hydrogens (primary N) is 1. The van der Waals surface area contributed by atoms with Gasteiger partial charge in [0.05, 0.1) is 5.54 Å². The number of piperidine rings is 1. The number of hydrogen-bond donors (Lipinski definition) is 3. The average molecular weight is 290 g/mol. The topological polar surface area (TPSA) is 99.3 Å². The first-order valence-corrected chi connectivity index (χ1v) is 8.35. The Bertz CT molecular complexity index is 409. The lowest BCUT2D eigenvalue weighted by Gasteiger charge is -2.36. The Hall–Kier alpha value is -0.660. The summed E-state index contributed by atoms with van der Waals surface area (Å²) in [5.74, 6) is 0.452. The second-order valence-electron chi connectivity index (χ2n) is 5.39. The molecule has 6 nitrogen and oxygen atoms in total. The van der Waals surface area contributed by atoms with Crippen LogP contribution in [0.2, 0.25) is 0 Å². The molecule has 1 saturated heterocycles. The van der Waals surface area contributed by atoms with Crippen molar-refractivity contribution in [3.8, 4) is 0 Å². The van der Waals surface area contributed by atoms with E-state index in [1.807, 2.05) is 13.8 Å². The van der Waals surface area contributed by atoms with Crippen LogP contribution in [0.15, 0.2) is 0 Å². The van der Waals surface area contributed by atoms with Crippen LogP contribution in [0.1, 0.15) is 46.5 Å². The predicted octanol–water partition coefficient (Wildman–Crippen LogP) is 1.05. The van der Waals surface area contributed by atoms with Gasteiger partial charge in [-0.05, 0) is 31.6 Å². The molecule has 0 amide bonds. The maximum atomic E-state index is 12.4. The van der Waals surface area contributed by atoms with Crippen LogP contribution in [0.25, 0.3) is 0 Å². The molecule has 0 saturated carbocycles. The van der Waals surface area contributed by atoms with E-state index in [1.165, 1.54) is 4.31 Å². The van der Waals surface area contributed by atoms with Crippen molar-refractivity contribution in [2.24, 2.45) is 11.7 Å². The Morgan fingerprint density at radius 1 is 1.37 bits per heavy atom. The lowest BCUT2D eigenvalue weighted by Crippen LogP contribution is -2.60. The van der Waals surface area contributed by atoms with E-state index in [0.29, 0.717) is 31.8 Å². The maximum Gasteiger partial charge on any atom is 0.280 e. The van der Waals surface area contributed by atoms with Crippen LogP contribution in [0.4, 0.5) is 0 Å². The number of nitrogens with zero attached hydrogens (tertiary/aromatic N) is 1. The van der Waals surface area contributed by atoms with E-state index in [0.717, 1.165) is 12.8 Å². The maximum absolute atomic E-state index is 12.4. The highest BCUT2D eigenvalue weighted by atomic mass is 32.2. The van der Waals surface area contributed by atoms with Crippen LogP contribution < -0.4 is 10.5 Å². The minimum atomic E-state index is -3.57. The molecule has 0 aliphatic carbocycles. The molecule has 19 heavy (non-hydrogen) atoms. The van der Waals surface area contributed by atoms with E-state index in [-0.39, 0.29) is 5.84 Å². The second kappa shape index (κ2) is 6.19. The summed E-state index contributed by atoms with van der Waals surface area (Å²) in [7, 11) is -3.57. The van der Waals surface area contributed by atoms with Crippen molar-refractivity contribution in [2.45, 2.75) is 52.0 Å². The summed E-state index contributed by atoms with van der Waals surface area (Å²) in [5, 5.41) is 7.66. The molecular formula is C12H26N4O2S. The average Bonchev–Trinajstić information content (AvgIpc) is 2.36. The quantitative estimate of drug-likeness (QED) is 0.503. The summed E-state index contributed by atoms with van der Waals surface area (Å²) in [6.07, 6.45) is 2.71. The first-order chi connectivity index (χ1) is 8.77. The Labute approximate surface area is 116 Å². The molecule has 7 heteroatoms. The van der Waals surface area contributed by atoms with Crippen molar-refractivity contribution in [1.29, 1.82) is 5.41 Å². The molecule has 1 aliphatic rings. The number of hydrogen-bond acceptors (Lipinski definition) is 3. The fourth-order valence-electron chi connectivity index (χ4n) is 2.37. The summed E-state index contributed by atoms with van der Waals surface area (Å²) < 4.78 is 28.9. The lowest BCUT2D eigenvalue weighted by atomic mass is 9.93. The van der Waals surface area contributed by atoms with Crippen molar-refractivity contribution in [3.05, 3.63) is 0 Å². The van der Waals surface area contributed by atoms with Crippen molar-refractivity contribution in [1.82, 2.24) is 9.03 Å². The molecule has 0 radical (unpaired) electrons. The molecular weight excluding hydrogens is 264 g/mol. The molecule has 1 rings (SSSR count). The number of amidine groups is 1. The van der Waals surface area contributed by atoms with Crippen LogP contribution in [0.3, 0.4) is 0 Å². The number of rotatable bonds is 6. The van der Waals surface area contributed by atoms with Crippen LogP contribution in [-0.4, -0.2) is 37.2 Å². The van der Waals surface area contributed by atoms with Gasteiger partial charge in [-0.15, -0.1) is 0 Å². The van der Waals surface area contributed by atoms with E-state index in [9.17, 15) is 8.42 Å². The standard InChI is InChI=1S/C12H26N4O2S/c1-4-12(5-2,11(13)14)15-19(17,18)16-8-6-10(3)7-9-16/h10,15H,4-9H2,1-3H3,(H3,13,14). The van der Waals surface area contributed by atoms with Crippen molar-refractivity contribution >= 4 is 16.0 Å². The van der Waals surface area contributed by atoms with Gasteiger partial charge in [0.1, 0.15) is 5.84 Å². The lowest BCUT2D eigenvalue weighted by molar-refractivity contribution is 0.280. The first kappa shape index (κ1) is 16.4. The molecule has 0 atom stereocenters. The van der Waals surface area contributed by atoms with Crippen LogP contribution in [0, 0.1) is 11.3 Å². The third-order valence-electron chi connectivity index (χ3n) is 4.13. The summed E-state index contributed by atoms with van der Waals surface area (Å²) in [4.78, 5) is 0. The van der Waals surface area contributed by atoms with E-state index >= 15 is 0 Å². The number of nitrogens with one attached hydrogen (secondary N) is 2. The Kier molecular flexibility index (Phi) is 5.34. The highest BCUT2D eigenvalue weighted by Gasteiger charge is 2.37. The zero-order chi connectivity index (χ0) is 14.7. The molecule has 0 unspecified atom stereocenters. The molecule has 4 N–H and O–H groups in total. The first-order valence-electron chi connectivity index (χ1n) is 6.91. The molecule has 1 heterocycles. The molecule has 0 aromatic carbocycles. The van der Waals surface area contributed by atoms with Gasteiger partial charge in [0.2, 0.25) is 0 Å². The van der Waals surface area contributed by atoms with Gasteiger partial charge in [0.25, 0.3) is 10.2 Å². The monoisotopic (exact) mass is 290 g/mol. The summed E-state index contributed by atoms with van der Waals surface area (Å²) in [6, 6.07) is 0. The van der Waals surface area contributed by atoms with Crippen LogP contribution >= 0.6 is 0 Å². The zero-order valence-corrected chi connectivity index (χ0v) is 12.9. The summed E-state index contributed by atoms with van der Waals surface area (Å²) in [6.45, 7) is 6.89. The van der Waals surface area contributed by atoms with Gasteiger partial charge in [-0.3, -0.25) is 5.41 Å². The largest absolute Gasteiger partial charge is 0.386 e. The molecule has 0 spiro atoms. The molecule has 0 aromatic rings. The highest BCUT2D eigenvalue weighted by molar-refractivity contribution is 7.87. The van der Waals surface area contributed by atoms with Crippen molar-refractivity contribution in [3.63, 3.8) is 0 Å². The molecule has 112 valence electrons. The third kappa shape index (κ3) is 3.67. The highest BCUT2D eigenvalue weighted by Crippen LogP contribution is 2.21. The molecule has 0 aromatic heterocycles. The van der Waals surface area contributed by atoms with E-state index in [2.05, 4.69) is 11.6 Å². The second-order valence-corrected chi connectivity index (χ2v) is 7.06. The normalized spacial score (nSPS) is 19.5. The fourth-order valence-corrected chi connectivity index (χ4v) is 4.08. The van der Waals surface area contributed by atoms with Gasteiger partial charge in [-0.25, -0.2) is 0 Å². The summed E-state index contributed by atoms with van der Waals surface area (Å²) >= 11 is 0. The van der Waals surface area contributed by atoms with E-state index < -0.39 is 15.7 Å². The third-order valence-corrected chi connectivity index (χ3v) is 5.82. The van der Waals surface area contributed by atoms with Crippen molar-refractivity contribution in [2.75, 3.05) is 13.1 Å². The van der Waals surface area contributed by atoms with Gasteiger partial charge >= 0.3 is 0 Å². The predicted molar refractivity (Wildman–Crippen MR) is 77.3 cm³/mol. The minimum Gasteiger partial charge on any atom is -0.386 e. The Morgan fingerprint density at radius 3 is 2.21 bits per heavy atom. The Morgan fingerprint density at radius 2 is 1.84 bits per heavy atom.